The van der Waals surface area contributed by atoms with Crippen molar-refractivity contribution in [2.45, 2.75) is 20.0 Å². The summed E-state index contributed by atoms with van der Waals surface area (Å²) in [5, 5.41) is 4.93. The second-order valence-corrected chi connectivity index (χ2v) is 7.74. The van der Waals surface area contributed by atoms with Crippen molar-refractivity contribution in [2.24, 2.45) is 0 Å². The van der Waals surface area contributed by atoms with Crippen LogP contribution in [0.5, 0.6) is 0 Å². The standard InChI is InChI=1S/C15H19NSi/c1-12-4-6-13(7-5-12)16-14-8-10-15(11-9-14)17(2)3/h4-11,16-17H,1-3H3. The molecule has 0 saturated heterocycles. The molecule has 2 heteroatoms. The molecule has 0 amide bonds. The minimum Gasteiger partial charge on any atom is -0.356 e. The topological polar surface area (TPSA) is 12.0 Å². The molecule has 0 aliphatic rings. The van der Waals surface area contributed by atoms with Crippen LogP contribution in [0.4, 0.5) is 11.4 Å². The average Bonchev–Trinajstić information content (AvgIpc) is 2.33. The molecule has 88 valence electrons. The highest BCUT2D eigenvalue weighted by Gasteiger charge is 2.00. The first-order chi connectivity index (χ1) is 8.15. The van der Waals surface area contributed by atoms with Crippen LogP contribution >= 0.6 is 0 Å². The fourth-order valence-electron chi connectivity index (χ4n) is 1.75. The summed E-state index contributed by atoms with van der Waals surface area (Å²) >= 11 is 0. The van der Waals surface area contributed by atoms with Crippen LogP contribution in [0.15, 0.2) is 48.5 Å². The first kappa shape index (κ1) is 11.9. The molecule has 2 rings (SSSR count). The van der Waals surface area contributed by atoms with Crippen LogP contribution in [0.25, 0.3) is 0 Å². The quantitative estimate of drug-likeness (QED) is 0.812. The van der Waals surface area contributed by atoms with Gasteiger partial charge >= 0.3 is 0 Å². The van der Waals surface area contributed by atoms with Crippen LogP contribution in [-0.2, 0) is 0 Å². The monoisotopic (exact) mass is 241 g/mol. The fourth-order valence-corrected chi connectivity index (χ4v) is 2.72. The average molecular weight is 241 g/mol. The number of anilines is 2. The Labute approximate surface area is 105 Å². The molecule has 0 aliphatic heterocycles. The molecule has 0 aliphatic carbocycles. The molecule has 0 radical (unpaired) electrons. The number of hydrogen-bond acceptors (Lipinski definition) is 1. The fraction of sp³-hybridized carbons (Fsp3) is 0.200. The zero-order chi connectivity index (χ0) is 12.3. The molecule has 0 aromatic heterocycles. The summed E-state index contributed by atoms with van der Waals surface area (Å²) in [6.45, 7) is 6.80. The maximum atomic E-state index is 3.41. The zero-order valence-electron chi connectivity index (χ0n) is 10.7. The van der Waals surface area contributed by atoms with Gasteiger partial charge in [0.25, 0.3) is 0 Å². The van der Waals surface area contributed by atoms with Gasteiger partial charge in [0, 0.05) is 11.4 Å². The van der Waals surface area contributed by atoms with Crippen LogP contribution in [0.3, 0.4) is 0 Å². The van der Waals surface area contributed by atoms with E-state index in [2.05, 4.69) is 73.9 Å². The largest absolute Gasteiger partial charge is 0.356 e. The van der Waals surface area contributed by atoms with Crippen LogP contribution in [0.1, 0.15) is 5.56 Å². The van der Waals surface area contributed by atoms with Gasteiger partial charge < -0.3 is 5.32 Å². The number of nitrogens with one attached hydrogen (secondary N) is 1. The molecule has 0 fully saturated rings. The Bertz CT molecular complexity index is 471. The predicted molar refractivity (Wildman–Crippen MR) is 79.4 cm³/mol. The Balaban J connectivity index is 2.11. The zero-order valence-corrected chi connectivity index (χ0v) is 11.9. The lowest BCUT2D eigenvalue weighted by Crippen LogP contribution is -2.21. The second-order valence-electron chi connectivity index (χ2n) is 4.77. The van der Waals surface area contributed by atoms with E-state index in [9.17, 15) is 0 Å². The third-order valence-electron chi connectivity index (χ3n) is 2.92. The predicted octanol–water partition coefficient (Wildman–Crippen LogP) is 3.43. The first-order valence-electron chi connectivity index (χ1n) is 6.09. The molecule has 1 N–H and O–H groups in total. The molecule has 0 spiro atoms. The van der Waals surface area contributed by atoms with E-state index in [0.717, 1.165) is 11.4 Å². The van der Waals surface area contributed by atoms with Crippen molar-refractivity contribution >= 4 is 25.4 Å². The van der Waals surface area contributed by atoms with E-state index in [1.54, 1.807) is 0 Å². The summed E-state index contributed by atoms with van der Waals surface area (Å²) in [5.41, 5.74) is 3.59. The van der Waals surface area contributed by atoms with Crippen molar-refractivity contribution in [3.8, 4) is 0 Å². The van der Waals surface area contributed by atoms with Crippen molar-refractivity contribution in [1.82, 2.24) is 0 Å². The Kier molecular flexibility index (Phi) is 3.64. The Morgan fingerprint density at radius 3 is 1.71 bits per heavy atom. The molecule has 0 unspecified atom stereocenters. The minimum atomic E-state index is -0.669. The molecular weight excluding hydrogens is 222 g/mol. The van der Waals surface area contributed by atoms with Crippen LogP contribution in [-0.4, -0.2) is 8.80 Å². The van der Waals surface area contributed by atoms with E-state index >= 15 is 0 Å². The second kappa shape index (κ2) is 5.19. The third-order valence-corrected chi connectivity index (χ3v) is 4.64. The SMILES string of the molecule is Cc1ccc(Nc2ccc([SiH](C)C)cc2)cc1. The molecule has 17 heavy (non-hydrogen) atoms. The smallest absolute Gasteiger partial charge is 0.0647 e. The number of aryl methyl sites for hydroxylation is 1. The van der Waals surface area contributed by atoms with Crippen molar-refractivity contribution in [3.63, 3.8) is 0 Å². The molecule has 1 nitrogen and oxygen atoms in total. The van der Waals surface area contributed by atoms with Gasteiger partial charge in [-0.15, -0.1) is 0 Å². The van der Waals surface area contributed by atoms with Gasteiger partial charge in [-0.3, -0.25) is 0 Å². The van der Waals surface area contributed by atoms with Crippen LogP contribution < -0.4 is 10.5 Å². The van der Waals surface area contributed by atoms with Gasteiger partial charge in [-0.2, -0.15) is 0 Å². The molecule has 0 atom stereocenters. The molecule has 0 heterocycles. The Hall–Kier alpha value is -1.54. The van der Waals surface area contributed by atoms with Crippen LogP contribution in [0.2, 0.25) is 13.1 Å². The van der Waals surface area contributed by atoms with Gasteiger partial charge in [0.1, 0.15) is 0 Å². The third kappa shape index (κ3) is 3.20. The first-order valence-corrected chi connectivity index (χ1v) is 8.97. The summed E-state index contributed by atoms with van der Waals surface area (Å²) in [4.78, 5) is 0. The van der Waals surface area contributed by atoms with Gasteiger partial charge in [-0.05, 0) is 31.2 Å². The lowest BCUT2D eigenvalue weighted by Gasteiger charge is -2.09. The van der Waals surface area contributed by atoms with Gasteiger partial charge in [-0.1, -0.05) is 48.1 Å². The molecular formula is C15H19NSi. The van der Waals surface area contributed by atoms with Crippen LogP contribution in [0, 0.1) is 6.92 Å². The Morgan fingerprint density at radius 1 is 0.765 bits per heavy atom. The number of benzene rings is 2. The Morgan fingerprint density at radius 2 is 1.24 bits per heavy atom. The van der Waals surface area contributed by atoms with Gasteiger partial charge in [0.05, 0.1) is 8.80 Å². The number of rotatable bonds is 3. The summed E-state index contributed by atoms with van der Waals surface area (Å²) in [6.07, 6.45) is 0. The highest BCUT2D eigenvalue weighted by atomic mass is 28.3. The van der Waals surface area contributed by atoms with E-state index in [-0.39, 0.29) is 0 Å². The minimum absolute atomic E-state index is 0.669. The lowest BCUT2D eigenvalue weighted by atomic mass is 10.2. The van der Waals surface area contributed by atoms with Crippen molar-refractivity contribution in [2.75, 3.05) is 5.32 Å². The van der Waals surface area contributed by atoms with E-state index in [1.807, 2.05) is 0 Å². The van der Waals surface area contributed by atoms with E-state index in [1.165, 1.54) is 10.8 Å². The van der Waals surface area contributed by atoms with Crippen molar-refractivity contribution < 1.29 is 0 Å². The van der Waals surface area contributed by atoms with Gasteiger partial charge in [0.15, 0.2) is 0 Å². The van der Waals surface area contributed by atoms with E-state index in [0.29, 0.717) is 0 Å². The van der Waals surface area contributed by atoms with Gasteiger partial charge in [0.2, 0.25) is 0 Å². The number of hydrogen-bond donors (Lipinski definition) is 1. The lowest BCUT2D eigenvalue weighted by molar-refractivity contribution is 1.45. The van der Waals surface area contributed by atoms with Crippen molar-refractivity contribution in [1.29, 1.82) is 0 Å². The summed E-state index contributed by atoms with van der Waals surface area (Å²) in [7, 11) is -0.669. The summed E-state index contributed by atoms with van der Waals surface area (Å²) in [6, 6.07) is 17.3. The molecule has 0 bridgehead atoms. The summed E-state index contributed by atoms with van der Waals surface area (Å²) < 4.78 is 0. The summed E-state index contributed by atoms with van der Waals surface area (Å²) in [5.74, 6) is 0. The molecule has 2 aromatic rings. The molecule has 2 aromatic carbocycles. The van der Waals surface area contributed by atoms with Crippen molar-refractivity contribution in [3.05, 3.63) is 54.1 Å². The maximum absolute atomic E-state index is 3.41. The van der Waals surface area contributed by atoms with Gasteiger partial charge in [-0.25, -0.2) is 0 Å². The van der Waals surface area contributed by atoms with E-state index in [4.69, 9.17) is 0 Å². The highest BCUT2D eigenvalue weighted by molar-refractivity contribution is 6.70. The maximum Gasteiger partial charge on any atom is 0.0647 e. The molecule has 0 saturated carbocycles. The highest BCUT2D eigenvalue weighted by Crippen LogP contribution is 2.15. The normalized spacial score (nSPS) is 10.6. The van der Waals surface area contributed by atoms with E-state index < -0.39 is 8.80 Å².